The van der Waals surface area contributed by atoms with Crippen molar-refractivity contribution in [2.24, 2.45) is 0 Å². The number of nitrogen functional groups attached to an aromatic ring is 1. The average Bonchev–Trinajstić information content (AvgIpc) is 2.71. The molecule has 0 aromatic carbocycles. The molecule has 0 amide bonds. The van der Waals surface area contributed by atoms with Crippen molar-refractivity contribution in [3.8, 4) is 11.3 Å². The molecule has 2 N–H and O–H groups in total. The molecule has 84 valence electrons. The Kier molecular flexibility index (Phi) is 2.80. The van der Waals surface area contributed by atoms with Crippen LogP contribution in [0.3, 0.4) is 0 Å². The van der Waals surface area contributed by atoms with Crippen molar-refractivity contribution >= 4 is 5.69 Å². The van der Waals surface area contributed by atoms with Gasteiger partial charge in [0, 0.05) is 11.3 Å². The molecular formula is C10H12FN5. The van der Waals surface area contributed by atoms with Gasteiger partial charge >= 0.3 is 0 Å². The first-order valence-corrected chi connectivity index (χ1v) is 4.89. The van der Waals surface area contributed by atoms with E-state index in [-0.39, 0.29) is 6.54 Å². The van der Waals surface area contributed by atoms with Gasteiger partial charge in [-0.1, -0.05) is 5.21 Å². The number of hydrogen-bond donors (Lipinski definition) is 1. The van der Waals surface area contributed by atoms with E-state index in [0.29, 0.717) is 11.4 Å². The minimum atomic E-state index is -0.461. The van der Waals surface area contributed by atoms with Crippen molar-refractivity contribution in [1.82, 2.24) is 20.0 Å². The SMILES string of the molecule is Cc1ncc(N)cc1-c1cn(CCF)nn1. The molecule has 16 heavy (non-hydrogen) atoms. The second kappa shape index (κ2) is 4.26. The van der Waals surface area contributed by atoms with E-state index in [1.165, 1.54) is 4.68 Å². The third-order valence-corrected chi connectivity index (χ3v) is 2.24. The molecule has 0 aliphatic heterocycles. The number of halogens is 1. The monoisotopic (exact) mass is 221 g/mol. The van der Waals surface area contributed by atoms with Gasteiger partial charge in [-0.3, -0.25) is 4.98 Å². The third-order valence-electron chi connectivity index (χ3n) is 2.24. The molecule has 2 aromatic heterocycles. The molecule has 5 nitrogen and oxygen atoms in total. The van der Waals surface area contributed by atoms with Crippen LogP contribution in [0.4, 0.5) is 10.1 Å². The highest BCUT2D eigenvalue weighted by molar-refractivity contribution is 5.64. The number of aryl methyl sites for hydroxylation is 2. The van der Waals surface area contributed by atoms with Gasteiger partial charge in [-0.15, -0.1) is 5.10 Å². The van der Waals surface area contributed by atoms with Gasteiger partial charge in [0.2, 0.25) is 0 Å². The topological polar surface area (TPSA) is 69.6 Å². The van der Waals surface area contributed by atoms with Crippen LogP contribution in [-0.4, -0.2) is 26.7 Å². The van der Waals surface area contributed by atoms with Crippen LogP contribution in [0.5, 0.6) is 0 Å². The largest absolute Gasteiger partial charge is 0.397 e. The predicted octanol–water partition coefficient (Wildman–Crippen LogP) is 1.20. The molecule has 0 unspecified atom stereocenters. The summed E-state index contributed by atoms with van der Waals surface area (Å²) in [7, 11) is 0. The zero-order valence-corrected chi connectivity index (χ0v) is 8.89. The van der Waals surface area contributed by atoms with Crippen molar-refractivity contribution < 1.29 is 4.39 Å². The van der Waals surface area contributed by atoms with E-state index >= 15 is 0 Å². The van der Waals surface area contributed by atoms with Gasteiger partial charge in [-0.05, 0) is 13.0 Å². The van der Waals surface area contributed by atoms with Crippen molar-refractivity contribution in [2.75, 3.05) is 12.4 Å². The zero-order valence-electron chi connectivity index (χ0n) is 8.89. The Morgan fingerprint density at radius 2 is 2.31 bits per heavy atom. The summed E-state index contributed by atoms with van der Waals surface area (Å²) in [5.41, 5.74) is 8.53. The van der Waals surface area contributed by atoms with Crippen LogP contribution in [0.1, 0.15) is 5.69 Å². The van der Waals surface area contributed by atoms with Crippen molar-refractivity contribution in [3.63, 3.8) is 0 Å². The number of nitrogens with two attached hydrogens (primary N) is 1. The molecule has 2 heterocycles. The normalized spacial score (nSPS) is 10.6. The van der Waals surface area contributed by atoms with Gasteiger partial charge < -0.3 is 5.73 Å². The predicted molar refractivity (Wildman–Crippen MR) is 58.4 cm³/mol. The lowest BCUT2D eigenvalue weighted by atomic mass is 10.1. The lowest BCUT2D eigenvalue weighted by Gasteiger charge is -2.01. The summed E-state index contributed by atoms with van der Waals surface area (Å²) in [6, 6.07) is 1.78. The molecule has 2 aromatic rings. The molecule has 0 radical (unpaired) electrons. The second-order valence-corrected chi connectivity index (χ2v) is 3.46. The Hall–Kier alpha value is -1.98. The highest BCUT2D eigenvalue weighted by Gasteiger charge is 2.08. The van der Waals surface area contributed by atoms with Crippen LogP contribution in [0.2, 0.25) is 0 Å². The van der Waals surface area contributed by atoms with E-state index in [2.05, 4.69) is 15.3 Å². The summed E-state index contributed by atoms with van der Waals surface area (Å²) in [6.45, 7) is 1.61. The zero-order chi connectivity index (χ0) is 11.5. The Labute approximate surface area is 92.1 Å². The molecule has 0 aliphatic rings. The van der Waals surface area contributed by atoms with Crippen LogP contribution >= 0.6 is 0 Å². The van der Waals surface area contributed by atoms with Gasteiger partial charge in [0.15, 0.2) is 0 Å². The van der Waals surface area contributed by atoms with Crippen LogP contribution in [0.15, 0.2) is 18.5 Å². The lowest BCUT2D eigenvalue weighted by molar-refractivity contribution is 0.422. The maximum Gasteiger partial charge on any atom is 0.114 e. The minimum Gasteiger partial charge on any atom is -0.397 e. The number of rotatable bonds is 3. The molecule has 0 bridgehead atoms. The van der Waals surface area contributed by atoms with Crippen molar-refractivity contribution in [2.45, 2.75) is 13.5 Å². The minimum absolute atomic E-state index is 0.210. The molecule has 0 spiro atoms. The number of hydrogen-bond acceptors (Lipinski definition) is 4. The molecule has 0 fully saturated rings. The van der Waals surface area contributed by atoms with E-state index in [0.717, 1.165) is 11.3 Å². The highest BCUT2D eigenvalue weighted by atomic mass is 19.1. The van der Waals surface area contributed by atoms with Crippen LogP contribution in [0.25, 0.3) is 11.3 Å². The quantitative estimate of drug-likeness (QED) is 0.845. The standard InChI is InChI=1S/C10H12FN5/c1-7-9(4-8(12)5-13-7)10-6-16(3-2-11)15-14-10/h4-6H,2-3,12H2,1H3. The highest BCUT2D eigenvalue weighted by Crippen LogP contribution is 2.21. The molecule has 0 saturated heterocycles. The van der Waals surface area contributed by atoms with Crippen LogP contribution in [0, 0.1) is 6.92 Å². The number of nitrogens with zero attached hydrogens (tertiary/aromatic N) is 4. The van der Waals surface area contributed by atoms with Crippen molar-refractivity contribution in [3.05, 3.63) is 24.2 Å². The van der Waals surface area contributed by atoms with Gasteiger partial charge in [0.1, 0.15) is 12.4 Å². The second-order valence-electron chi connectivity index (χ2n) is 3.46. The molecule has 6 heteroatoms. The molecule has 2 rings (SSSR count). The number of alkyl halides is 1. The van der Waals surface area contributed by atoms with Crippen molar-refractivity contribution in [1.29, 1.82) is 0 Å². The van der Waals surface area contributed by atoms with Gasteiger partial charge in [-0.25, -0.2) is 9.07 Å². The summed E-state index contributed by atoms with van der Waals surface area (Å²) >= 11 is 0. The summed E-state index contributed by atoms with van der Waals surface area (Å²) in [6.07, 6.45) is 3.27. The fourth-order valence-corrected chi connectivity index (χ4v) is 1.43. The molecule has 0 aliphatic carbocycles. The number of pyridine rings is 1. The van der Waals surface area contributed by atoms with E-state index in [1.807, 2.05) is 6.92 Å². The third kappa shape index (κ3) is 2.00. The van der Waals surface area contributed by atoms with Gasteiger partial charge in [0.05, 0.1) is 24.6 Å². The lowest BCUT2D eigenvalue weighted by Crippen LogP contribution is -1.99. The van der Waals surface area contributed by atoms with E-state index in [1.54, 1.807) is 18.5 Å². The maximum absolute atomic E-state index is 12.1. The smallest absolute Gasteiger partial charge is 0.114 e. The average molecular weight is 221 g/mol. The summed E-state index contributed by atoms with van der Waals surface area (Å²) in [4.78, 5) is 4.13. The summed E-state index contributed by atoms with van der Waals surface area (Å²) in [5, 5.41) is 7.77. The Morgan fingerprint density at radius 1 is 1.50 bits per heavy atom. The Bertz CT molecular complexity index is 494. The molecular weight excluding hydrogens is 209 g/mol. The van der Waals surface area contributed by atoms with E-state index < -0.39 is 6.67 Å². The Morgan fingerprint density at radius 3 is 3.06 bits per heavy atom. The van der Waals surface area contributed by atoms with E-state index in [9.17, 15) is 4.39 Å². The van der Waals surface area contributed by atoms with Crippen LogP contribution < -0.4 is 5.73 Å². The maximum atomic E-state index is 12.1. The number of anilines is 1. The summed E-state index contributed by atoms with van der Waals surface area (Å²) in [5.74, 6) is 0. The first kappa shape index (κ1) is 10.5. The van der Waals surface area contributed by atoms with Gasteiger partial charge in [-0.2, -0.15) is 0 Å². The number of aromatic nitrogens is 4. The van der Waals surface area contributed by atoms with Crippen LogP contribution in [-0.2, 0) is 6.54 Å². The fraction of sp³-hybridized carbons (Fsp3) is 0.300. The molecule has 0 saturated carbocycles. The van der Waals surface area contributed by atoms with Gasteiger partial charge in [0.25, 0.3) is 0 Å². The van der Waals surface area contributed by atoms with E-state index in [4.69, 9.17) is 5.73 Å². The first-order valence-electron chi connectivity index (χ1n) is 4.89. The summed E-state index contributed by atoms with van der Waals surface area (Å²) < 4.78 is 13.6. The fourth-order valence-electron chi connectivity index (χ4n) is 1.43. The first-order chi connectivity index (χ1) is 7.70. The molecule has 0 atom stereocenters. The Balaban J connectivity index is 2.38.